The van der Waals surface area contributed by atoms with Crippen molar-refractivity contribution in [1.82, 2.24) is 4.90 Å². The normalized spacial score (nSPS) is 18.5. The number of likely N-dealkylation sites (tertiary alicyclic amines) is 1. The number of alkyl halides is 2. The zero-order valence-corrected chi connectivity index (χ0v) is 18.0. The minimum absolute atomic E-state index is 0.0434. The molecule has 1 N–H and O–H groups in total. The molecule has 174 valence electrons. The Kier molecular flexibility index (Phi) is 6.86. The highest BCUT2D eigenvalue weighted by Crippen LogP contribution is 2.27. The molecule has 7 nitrogen and oxygen atoms in total. The van der Waals surface area contributed by atoms with Crippen LogP contribution < -0.4 is 15.0 Å². The molecule has 4 rings (SSSR count). The van der Waals surface area contributed by atoms with Gasteiger partial charge >= 0.3 is 6.61 Å². The zero-order valence-electron chi connectivity index (χ0n) is 18.0. The number of para-hydroxylation sites is 1. The first-order valence-corrected chi connectivity index (χ1v) is 11.0. The summed E-state index contributed by atoms with van der Waals surface area (Å²) in [6.45, 7) is -1.77. The van der Waals surface area contributed by atoms with Gasteiger partial charge < -0.3 is 19.9 Å². The Bertz CT molecular complexity index is 1050. The van der Waals surface area contributed by atoms with Gasteiger partial charge in [-0.25, -0.2) is 0 Å². The SMILES string of the molecule is O=C(Nc1cccc(N2CCCC2=O)c1)C1CCCN(C(=O)c2ccccc2OC(F)F)C1. The van der Waals surface area contributed by atoms with Crippen LogP contribution in [0.5, 0.6) is 5.75 Å². The summed E-state index contributed by atoms with van der Waals surface area (Å²) in [4.78, 5) is 41.1. The van der Waals surface area contributed by atoms with E-state index in [0.717, 1.165) is 12.1 Å². The average Bonchev–Trinajstić information content (AvgIpc) is 3.25. The predicted octanol–water partition coefficient (Wildman–Crippen LogP) is 3.91. The largest absolute Gasteiger partial charge is 0.434 e. The molecule has 2 aromatic carbocycles. The molecule has 2 saturated heterocycles. The van der Waals surface area contributed by atoms with E-state index in [9.17, 15) is 23.2 Å². The van der Waals surface area contributed by atoms with E-state index in [1.54, 1.807) is 29.2 Å². The molecule has 2 heterocycles. The maximum absolute atomic E-state index is 13.0. The van der Waals surface area contributed by atoms with Gasteiger partial charge in [0.05, 0.1) is 11.5 Å². The number of ether oxygens (including phenoxy) is 1. The summed E-state index contributed by atoms with van der Waals surface area (Å²) >= 11 is 0. The van der Waals surface area contributed by atoms with Crippen molar-refractivity contribution in [2.45, 2.75) is 32.3 Å². The van der Waals surface area contributed by atoms with Gasteiger partial charge in [-0.1, -0.05) is 18.2 Å². The molecule has 2 fully saturated rings. The Morgan fingerprint density at radius 2 is 1.88 bits per heavy atom. The summed E-state index contributed by atoms with van der Waals surface area (Å²) in [5.74, 6) is -1.23. The first-order valence-electron chi connectivity index (χ1n) is 11.0. The molecule has 0 spiro atoms. The second-order valence-electron chi connectivity index (χ2n) is 8.15. The quantitative estimate of drug-likeness (QED) is 0.714. The van der Waals surface area contributed by atoms with Gasteiger partial charge in [-0.3, -0.25) is 14.4 Å². The summed E-state index contributed by atoms with van der Waals surface area (Å²) in [5.41, 5.74) is 1.37. The Morgan fingerprint density at radius 3 is 2.64 bits per heavy atom. The minimum Gasteiger partial charge on any atom is -0.434 e. The number of nitrogens with one attached hydrogen (secondary N) is 1. The van der Waals surface area contributed by atoms with Crippen molar-refractivity contribution < 1.29 is 27.9 Å². The van der Waals surface area contributed by atoms with E-state index < -0.39 is 18.4 Å². The van der Waals surface area contributed by atoms with Gasteiger partial charge in [0.2, 0.25) is 11.8 Å². The number of carbonyl (C=O) groups is 3. The number of amides is 3. The topological polar surface area (TPSA) is 79.0 Å². The van der Waals surface area contributed by atoms with E-state index in [2.05, 4.69) is 10.1 Å². The van der Waals surface area contributed by atoms with E-state index >= 15 is 0 Å². The monoisotopic (exact) mass is 457 g/mol. The van der Waals surface area contributed by atoms with Crippen molar-refractivity contribution in [2.75, 3.05) is 29.9 Å². The van der Waals surface area contributed by atoms with E-state index in [1.165, 1.54) is 23.1 Å². The number of nitrogens with zero attached hydrogens (tertiary/aromatic N) is 2. The lowest BCUT2D eigenvalue weighted by molar-refractivity contribution is -0.121. The Hall–Kier alpha value is -3.49. The van der Waals surface area contributed by atoms with Gasteiger partial charge in [0.1, 0.15) is 5.75 Å². The lowest BCUT2D eigenvalue weighted by atomic mass is 9.96. The molecule has 0 aliphatic carbocycles. The number of rotatable bonds is 6. The zero-order chi connectivity index (χ0) is 23.4. The summed E-state index contributed by atoms with van der Waals surface area (Å²) in [6, 6.07) is 13.0. The molecular formula is C24H25F2N3O4. The van der Waals surface area contributed by atoms with Crippen LogP contribution in [0.2, 0.25) is 0 Å². The summed E-state index contributed by atoms with van der Waals surface area (Å²) in [5, 5.41) is 2.89. The second-order valence-corrected chi connectivity index (χ2v) is 8.15. The van der Waals surface area contributed by atoms with Crippen LogP contribution in [-0.2, 0) is 9.59 Å². The van der Waals surface area contributed by atoms with E-state index in [0.29, 0.717) is 38.0 Å². The van der Waals surface area contributed by atoms with Gasteiger partial charge in [-0.15, -0.1) is 0 Å². The van der Waals surface area contributed by atoms with Crippen LogP contribution in [0.25, 0.3) is 0 Å². The molecule has 2 aliphatic rings. The molecule has 2 aliphatic heterocycles. The van der Waals surface area contributed by atoms with Gasteiger partial charge in [0.25, 0.3) is 5.91 Å². The fraction of sp³-hybridized carbons (Fsp3) is 0.375. The molecule has 0 aromatic heterocycles. The third-order valence-electron chi connectivity index (χ3n) is 5.91. The standard InChI is InChI=1S/C24H25F2N3O4/c25-24(26)33-20-10-2-1-9-19(20)23(32)28-12-4-6-16(15-28)22(31)27-17-7-3-8-18(14-17)29-13-5-11-21(29)30/h1-3,7-10,14,16,24H,4-6,11-13,15H2,(H,27,31). The molecule has 1 atom stereocenters. The van der Waals surface area contributed by atoms with Crippen molar-refractivity contribution in [3.63, 3.8) is 0 Å². The number of halogens is 2. The van der Waals surface area contributed by atoms with Crippen molar-refractivity contribution in [3.05, 3.63) is 54.1 Å². The maximum Gasteiger partial charge on any atom is 0.387 e. The highest BCUT2D eigenvalue weighted by atomic mass is 19.3. The van der Waals surface area contributed by atoms with Crippen LogP contribution in [0, 0.1) is 5.92 Å². The van der Waals surface area contributed by atoms with Crippen molar-refractivity contribution in [1.29, 1.82) is 0 Å². The maximum atomic E-state index is 13.0. The van der Waals surface area contributed by atoms with Crippen molar-refractivity contribution >= 4 is 29.1 Å². The van der Waals surface area contributed by atoms with Crippen LogP contribution in [0.1, 0.15) is 36.0 Å². The van der Waals surface area contributed by atoms with E-state index in [4.69, 9.17) is 0 Å². The molecule has 1 unspecified atom stereocenters. The smallest absolute Gasteiger partial charge is 0.387 e. The third-order valence-corrected chi connectivity index (χ3v) is 5.91. The fourth-order valence-electron chi connectivity index (χ4n) is 4.31. The molecule has 0 radical (unpaired) electrons. The van der Waals surface area contributed by atoms with Gasteiger partial charge in [-0.2, -0.15) is 8.78 Å². The highest BCUT2D eigenvalue weighted by molar-refractivity contribution is 5.99. The molecule has 3 amide bonds. The van der Waals surface area contributed by atoms with Crippen LogP contribution in [0.3, 0.4) is 0 Å². The summed E-state index contributed by atoms with van der Waals surface area (Å²) < 4.78 is 29.9. The predicted molar refractivity (Wildman–Crippen MR) is 118 cm³/mol. The molecule has 0 bridgehead atoms. The first kappa shape index (κ1) is 22.7. The first-order chi connectivity index (χ1) is 15.9. The Labute approximate surface area is 190 Å². The molecule has 9 heteroatoms. The van der Waals surface area contributed by atoms with Crippen LogP contribution in [0.4, 0.5) is 20.2 Å². The molecule has 0 saturated carbocycles. The minimum atomic E-state index is -3.04. The van der Waals surface area contributed by atoms with Crippen LogP contribution in [0.15, 0.2) is 48.5 Å². The fourth-order valence-corrected chi connectivity index (χ4v) is 4.31. The van der Waals surface area contributed by atoms with Gasteiger partial charge in [-0.05, 0) is 49.6 Å². The lowest BCUT2D eigenvalue weighted by Gasteiger charge is -2.32. The molecule has 2 aromatic rings. The number of piperidine rings is 1. The van der Waals surface area contributed by atoms with Gasteiger partial charge in [0, 0.05) is 37.4 Å². The number of anilines is 2. The summed E-state index contributed by atoms with van der Waals surface area (Å²) in [6.07, 6.45) is 2.56. The number of hydrogen-bond acceptors (Lipinski definition) is 4. The Balaban J connectivity index is 1.42. The van der Waals surface area contributed by atoms with Crippen molar-refractivity contribution in [2.24, 2.45) is 5.92 Å². The third kappa shape index (κ3) is 5.30. The van der Waals surface area contributed by atoms with E-state index in [1.807, 2.05) is 6.07 Å². The highest BCUT2D eigenvalue weighted by Gasteiger charge is 2.30. The Morgan fingerprint density at radius 1 is 1.06 bits per heavy atom. The second kappa shape index (κ2) is 9.97. The molecule has 33 heavy (non-hydrogen) atoms. The number of carbonyl (C=O) groups excluding carboxylic acids is 3. The lowest BCUT2D eigenvalue weighted by Crippen LogP contribution is -2.43. The van der Waals surface area contributed by atoms with E-state index in [-0.39, 0.29) is 29.7 Å². The van der Waals surface area contributed by atoms with Crippen LogP contribution in [-0.4, -0.2) is 48.9 Å². The van der Waals surface area contributed by atoms with Gasteiger partial charge in [0.15, 0.2) is 0 Å². The number of benzene rings is 2. The average molecular weight is 457 g/mol. The number of hydrogen-bond donors (Lipinski definition) is 1. The summed E-state index contributed by atoms with van der Waals surface area (Å²) in [7, 11) is 0. The molecular weight excluding hydrogens is 432 g/mol. The van der Waals surface area contributed by atoms with Crippen molar-refractivity contribution in [3.8, 4) is 5.75 Å². The van der Waals surface area contributed by atoms with Crippen LogP contribution >= 0.6 is 0 Å².